The molecule has 0 bridgehead atoms. The van der Waals surface area contributed by atoms with E-state index in [9.17, 15) is 8.42 Å². The predicted molar refractivity (Wildman–Crippen MR) is 94.4 cm³/mol. The van der Waals surface area contributed by atoms with Gasteiger partial charge in [0.1, 0.15) is 10.0 Å². The predicted octanol–water partition coefficient (Wildman–Crippen LogP) is 2.13. The van der Waals surface area contributed by atoms with Gasteiger partial charge in [0.25, 0.3) is 10.0 Å². The van der Waals surface area contributed by atoms with Crippen LogP contribution in [0.3, 0.4) is 0 Å². The van der Waals surface area contributed by atoms with Crippen LogP contribution in [0.15, 0.2) is 46.0 Å². The van der Waals surface area contributed by atoms with Crippen molar-refractivity contribution < 1.29 is 8.42 Å². The fourth-order valence-corrected chi connectivity index (χ4v) is 5.52. The number of rotatable bonds is 4. The largest absolute Gasteiger partial charge is 0.341 e. The fraction of sp³-hybridized carbons (Fsp3) is 0.312. The minimum absolute atomic E-state index is 0.424. The van der Waals surface area contributed by atoms with Gasteiger partial charge in [-0.25, -0.2) is 13.4 Å². The molecule has 24 heavy (non-hydrogen) atoms. The van der Waals surface area contributed by atoms with Crippen molar-refractivity contribution in [1.82, 2.24) is 19.2 Å². The number of thiophene rings is 1. The molecule has 1 fully saturated rings. The van der Waals surface area contributed by atoms with E-state index in [0.717, 1.165) is 16.9 Å². The third kappa shape index (κ3) is 2.98. The number of hydrogen-bond acceptors (Lipinski definition) is 5. The third-order valence-corrected chi connectivity index (χ3v) is 7.50. The van der Waals surface area contributed by atoms with Gasteiger partial charge in [-0.05, 0) is 23.6 Å². The Kier molecular flexibility index (Phi) is 4.13. The maximum atomic E-state index is 12.5. The highest BCUT2D eigenvalue weighted by molar-refractivity contribution is 7.91. The molecule has 0 atom stereocenters. The highest BCUT2D eigenvalue weighted by atomic mass is 32.2. The zero-order valence-corrected chi connectivity index (χ0v) is 14.7. The summed E-state index contributed by atoms with van der Waals surface area (Å²) in [5.74, 6) is 0.922. The number of nitrogens with zero attached hydrogens (tertiary/aromatic N) is 3. The Morgan fingerprint density at radius 3 is 2.58 bits per heavy atom. The first-order valence-corrected chi connectivity index (χ1v) is 10.1. The zero-order chi connectivity index (χ0) is 16.6. The van der Waals surface area contributed by atoms with Gasteiger partial charge >= 0.3 is 0 Å². The van der Waals surface area contributed by atoms with Crippen molar-refractivity contribution in [3.63, 3.8) is 0 Å². The number of hydrogen-bond donors (Lipinski definition) is 1. The summed E-state index contributed by atoms with van der Waals surface area (Å²) in [4.78, 5) is 10.1. The van der Waals surface area contributed by atoms with Crippen molar-refractivity contribution in [2.24, 2.45) is 0 Å². The summed E-state index contributed by atoms with van der Waals surface area (Å²) < 4.78 is 27.1. The first-order chi connectivity index (χ1) is 11.6. The van der Waals surface area contributed by atoms with Gasteiger partial charge in [-0.15, -0.1) is 11.3 Å². The van der Waals surface area contributed by atoms with Crippen LogP contribution >= 0.6 is 11.3 Å². The minimum Gasteiger partial charge on any atom is -0.341 e. The molecule has 0 amide bonds. The average Bonchev–Trinajstić information content (AvgIpc) is 3.25. The highest BCUT2D eigenvalue weighted by Gasteiger charge is 2.29. The third-order valence-electron chi connectivity index (χ3n) is 4.23. The smallest absolute Gasteiger partial charge is 0.252 e. The lowest BCUT2D eigenvalue weighted by molar-refractivity contribution is 0.179. The maximum absolute atomic E-state index is 12.5. The van der Waals surface area contributed by atoms with Gasteiger partial charge in [-0.1, -0.05) is 18.2 Å². The molecule has 0 radical (unpaired) electrons. The lowest BCUT2D eigenvalue weighted by atomic mass is 10.3. The number of imidazole rings is 1. The van der Waals surface area contributed by atoms with Crippen LogP contribution in [0.4, 0.5) is 0 Å². The zero-order valence-electron chi connectivity index (χ0n) is 13.1. The van der Waals surface area contributed by atoms with E-state index in [1.54, 1.807) is 21.8 Å². The van der Waals surface area contributed by atoms with E-state index in [1.165, 1.54) is 11.3 Å². The van der Waals surface area contributed by atoms with Crippen molar-refractivity contribution in [3.8, 4) is 0 Å². The number of H-pyrrole nitrogens is 1. The van der Waals surface area contributed by atoms with Gasteiger partial charge in [0.05, 0.1) is 17.6 Å². The van der Waals surface area contributed by atoms with Crippen LogP contribution in [0.2, 0.25) is 0 Å². The lowest BCUT2D eigenvalue weighted by Gasteiger charge is -2.33. The van der Waals surface area contributed by atoms with Gasteiger partial charge in [0, 0.05) is 26.2 Å². The van der Waals surface area contributed by atoms with Crippen molar-refractivity contribution in [1.29, 1.82) is 0 Å². The summed E-state index contributed by atoms with van der Waals surface area (Å²) in [6.45, 7) is 3.16. The van der Waals surface area contributed by atoms with Crippen LogP contribution in [-0.4, -0.2) is 53.8 Å². The highest BCUT2D eigenvalue weighted by Crippen LogP contribution is 2.22. The molecule has 3 aromatic rings. The van der Waals surface area contributed by atoms with E-state index in [1.807, 2.05) is 24.3 Å². The van der Waals surface area contributed by atoms with Gasteiger partial charge in [0.2, 0.25) is 0 Å². The van der Waals surface area contributed by atoms with E-state index in [-0.39, 0.29) is 0 Å². The van der Waals surface area contributed by atoms with Crippen molar-refractivity contribution >= 4 is 32.4 Å². The first-order valence-electron chi connectivity index (χ1n) is 7.82. The molecule has 8 heteroatoms. The fourth-order valence-electron chi connectivity index (χ4n) is 2.96. The van der Waals surface area contributed by atoms with Crippen LogP contribution in [0.1, 0.15) is 5.82 Å². The quantitative estimate of drug-likeness (QED) is 0.772. The van der Waals surface area contributed by atoms with Crippen molar-refractivity contribution in [3.05, 3.63) is 47.6 Å². The van der Waals surface area contributed by atoms with E-state index in [4.69, 9.17) is 0 Å². The van der Waals surface area contributed by atoms with Crippen LogP contribution in [-0.2, 0) is 16.6 Å². The SMILES string of the molecule is O=S(=O)(c1cccs1)N1CCN(Cc2nc3ccccc3[nH]2)CC1. The maximum Gasteiger partial charge on any atom is 0.252 e. The Bertz CT molecular complexity index is 893. The van der Waals surface area contributed by atoms with Crippen LogP contribution in [0.5, 0.6) is 0 Å². The molecule has 6 nitrogen and oxygen atoms in total. The normalized spacial score (nSPS) is 17.5. The Labute approximate surface area is 144 Å². The van der Waals surface area contributed by atoms with Crippen LogP contribution in [0.25, 0.3) is 11.0 Å². The number of nitrogens with one attached hydrogen (secondary N) is 1. The molecule has 0 saturated carbocycles. The molecule has 126 valence electrons. The summed E-state index contributed by atoms with van der Waals surface area (Å²) in [7, 11) is -3.33. The van der Waals surface area contributed by atoms with E-state index in [0.29, 0.717) is 36.9 Å². The van der Waals surface area contributed by atoms with Gasteiger partial charge in [0.15, 0.2) is 0 Å². The second-order valence-electron chi connectivity index (χ2n) is 5.81. The Hall–Kier alpha value is -1.74. The molecule has 0 spiro atoms. The standard InChI is InChI=1S/C16H18N4O2S2/c21-24(22,16-6-3-11-23-16)20-9-7-19(8-10-20)12-15-17-13-4-1-2-5-14(13)18-15/h1-6,11H,7-10,12H2,(H,17,18). The molecule has 2 aromatic heterocycles. The second kappa shape index (κ2) is 6.29. The Morgan fingerprint density at radius 2 is 1.88 bits per heavy atom. The molecule has 1 aliphatic heterocycles. The number of sulfonamides is 1. The van der Waals surface area contributed by atoms with Gasteiger partial charge in [-0.2, -0.15) is 4.31 Å². The molecular weight excluding hydrogens is 344 g/mol. The molecule has 1 N–H and O–H groups in total. The summed E-state index contributed by atoms with van der Waals surface area (Å²) in [6, 6.07) is 11.4. The monoisotopic (exact) mass is 362 g/mol. The van der Waals surface area contributed by atoms with Crippen LogP contribution in [0, 0.1) is 0 Å². The van der Waals surface area contributed by atoms with Crippen molar-refractivity contribution in [2.45, 2.75) is 10.8 Å². The van der Waals surface area contributed by atoms with Crippen molar-refractivity contribution in [2.75, 3.05) is 26.2 Å². The molecular formula is C16H18N4O2S2. The van der Waals surface area contributed by atoms with E-state index in [2.05, 4.69) is 14.9 Å². The number of benzene rings is 1. The molecule has 1 aromatic carbocycles. The van der Waals surface area contributed by atoms with Gasteiger partial charge in [-0.3, -0.25) is 4.90 Å². The second-order valence-corrected chi connectivity index (χ2v) is 8.93. The topological polar surface area (TPSA) is 69.3 Å². The van der Waals surface area contributed by atoms with E-state index >= 15 is 0 Å². The number of aromatic nitrogens is 2. The number of fused-ring (bicyclic) bond motifs is 1. The minimum atomic E-state index is -3.33. The summed E-state index contributed by atoms with van der Waals surface area (Å²) >= 11 is 1.27. The molecule has 4 rings (SSSR count). The lowest BCUT2D eigenvalue weighted by Crippen LogP contribution is -2.48. The van der Waals surface area contributed by atoms with Crippen LogP contribution < -0.4 is 0 Å². The summed E-state index contributed by atoms with van der Waals surface area (Å²) in [5, 5.41) is 1.80. The number of aromatic amines is 1. The Balaban J connectivity index is 1.41. The molecule has 0 aliphatic carbocycles. The number of para-hydroxylation sites is 2. The average molecular weight is 362 g/mol. The molecule has 1 aliphatic rings. The summed E-state index contributed by atoms with van der Waals surface area (Å²) in [5.41, 5.74) is 2.00. The number of piperazine rings is 1. The Morgan fingerprint density at radius 1 is 1.08 bits per heavy atom. The first kappa shape index (κ1) is 15.8. The molecule has 3 heterocycles. The van der Waals surface area contributed by atoms with Gasteiger partial charge < -0.3 is 4.98 Å². The molecule has 0 unspecified atom stereocenters. The summed E-state index contributed by atoms with van der Waals surface area (Å²) in [6.07, 6.45) is 0. The van der Waals surface area contributed by atoms with E-state index < -0.39 is 10.0 Å². The molecule has 1 saturated heterocycles.